The summed E-state index contributed by atoms with van der Waals surface area (Å²) in [4.78, 5) is 27.7. The van der Waals surface area contributed by atoms with Crippen LogP contribution in [-0.4, -0.2) is 50.1 Å². The van der Waals surface area contributed by atoms with Gasteiger partial charge in [0.1, 0.15) is 0 Å². The zero-order valence-corrected chi connectivity index (χ0v) is 15.1. The van der Waals surface area contributed by atoms with Gasteiger partial charge in [-0.2, -0.15) is 0 Å². The van der Waals surface area contributed by atoms with E-state index >= 15 is 0 Å². The number of amides is 1. The Labute approximate surface area is 154 Å². The number of hydrogen-bond donors (Lipinski definition) is 2. The number of nitrogens with zero attached hydrogens (tertiary/aromatic N) is 4. The van der Waals surface area contributed by atoms with Gasteiger partial charge in [0.05, 0.1) is 22.4 Å². The largest absolute Gasteiger partial charge is 0.391 e. The van der Waals surface area contributed by atoms with Gasteiger partial charge in [0, 0.05) is 25.5 Å². The lowest BCUT2D eigenvalue weighted by Gasteiger charge is -2.17. The van der Waals surface area contributed by atoms with E-state index < -0.39 is 6.10 Å². The first-order valence-electron chi connectivity index (χ1n) is 8.51. The molecule has 0 radical (unpaired) electrons. The first kappa shape index (κ1) is 16.9. The summed E-state index contributed by atoms with van der Waals surface area (Å²) in [6.07, 6.45) is 3.67. The molecular weight excluding hydrogens is 350 g/mol. The molecule has 26 heavy (non-hydrogen) atoms. The molecule has 0 aliphatic carbocycles. The summed E-state index contributed by atoms with van der Waals surface area (Å²) in [7, 11) is 0. The Kier molecular flexibility index (Phi) is 4.52. The summed E-state index contributed by atoms with van der Waals surface area (Å²) in [6.45, 7) is 2.90. The molecule has 1 aliphatic heterocycles. The van der Waals surface area contributed by atoms with Crippen LogP contribution in [0.1, 0.15) is 35.4 Å². The third-order valence-electron chi connectivity index (χ3n) is 4.49. The molecule has 2 atom stereocenters. The van der Waals surface area contributed by atoms with Gasteiger partial charge < -0.3 is 15.3 Å². The Morgan fingerprint density at radius 3 is 3.04 bits per heavy atom. The van der Waals surface area contributed by atoms with Crippen molar-refractivity contribution in [1.82, 2.24) is 19.9 Å². The highest BCUT2D eigenvalue weighted by molar-refractivity contribution is 7.17. The van der Waals surface area contributed by atoms with Gasteiger partial charge in [0.25, 0.3) is 5.91 Å². The third kappa shape index (κ3) is 3.25. The Morgan fingerprint density at radius 1 is 1.42 bits per heavy atom. The number of carbonyl (C=O) groups is 1. The summed E-state index contributed by atoms with van der Waals surface area (Å²) in [5.74, 6) is 0.254. The number of thiophene rings is 1. The van der Waals surface area contributed by atoms with E-state index in [4.69, 9.17) is 0 Å². The Hall–Kier alpha value is -2.58. The van der Waals surface area contributed by atoms with Gasteiger partial charge in [-0.25, -0.2) is 9.97 Å². The van der Waals surface area contributed by atoms with E-state index in [-0.39, 0.29) is 11.9 Å². The van der Waals surface area contributed by atoms with Crippen LogP contribution >= 0.6 is 11.3 Å². The zero-order valence-electron chi connectivity index (χ0n) is 14.3. The van der Waals surface area contributed by atoms with Crippen LogP contribution in [0.15, 0.2) is 36.0 Å². The van der Waals surface area contributed by atoms with E-state index in [1.54, 1.807) is 17.3 Å². The minimum atomic E-state index is -0.456. The number of pyridine rings is 1. The molecule has 1 aliphatic rings. The summed E-state index contributed by atoms with van der Waals surface area (Å²) in [6, 6.07) is 5.70. The van der Waals surface area contributed by atoms with Gasteiger partial charge in [-0.3, -0.25) is 9.78 Å². The number of hydrogen-bond acceptors (Lipinski definition) is 7. The van der Waals surface area contributed by atoms with Crippen molar-refractivity contribution in [1.29, 1.82) is 0 Å². The first-order valence-corrected chi connectivity index (χ1v) is 9.39. The molecule has 0 bridgehead atoms. The highest BCUT2D eigenvalue weighted by atomic mass is 32.1. The summed E-state index contributed by atoms with van der Waals surface area (Å²) >= 11 is 1.45. The van der Waals surface area contributed by atoms with E-state index in [0.29, 0.717) is 31.2 Å². The number of carbonyl (C=O) groups excluding carboxylic acids is 1. The standard InChI is InChI=1S/C18H19N5O2S/c1-11(12-3-2-6-19-9-12)20-18-21-14-5-8-26-16(14)15(22-18)17(25)23-7-4-13(24)10-23/h2-3,5-6,8-9,11,13,24H,4,7,10H2,1H3,(H,20,21,22). The zero-order chi connectivity index (χ0) is 18.1. The van der Waals surface area contributed by atoms with Crippen molar-refractivity contribution < 1.29 is 9.90 Å². The molecule has 2 N–H and O–H groups in total. The van der Waals surface area contributed by atoms with Gasteiger partial charge in [-0.05, 0) is 36.4 Å². The molecular formula is C18H19N5O2S. The highest BCUT2D eigenvalue weighted by Crippen LogP contribution is 2.27. The number of likely N-dealkylation sites (tertiary alicyclic amines) is 1. The number of anilines is 1. The molecule has 3 aromatic heterocycles. The van der Waals surface area contributed by atoms with Crippen molar-refractivity contribution in [3.8, 4) is 0 Å². The summed E-state index contributed by atoms with van der Waals surface area (Å²) < 4.78 is 0.774. The van der Waals surface area contributed by atoms with E-state index in [9.17, 15) is 9.90 Å². The normalized spacial score (nSPS) is 18.2. The minimum absolute atomic E-state index is 0.0450. The van der Waals surface area contributed by atoms with Crippen molar-refractivity contribution >= 4 is 33.4 Å². The highest BCUT2D eigenvalue weighted by Gasteiger charge is 2.28. The Balaban J connectivity index is 1.65. The van der Waals surface area contributed by atoms with E-state index in [1.807, 2.05) is 30.5 Å². The number of β-amino-alcohol motifs (C(OH)–C–C–N with tert-alkyl or cyclic N) is 1. The maximum atomic E-state index is 12.9. The van der Waals surface area contributed by atoms with Crippen LogP contribution in [0.2, 0.25) is 0 Å². The lowest BCUT2D eigenvalue weighted by Crippen LogP contribution is -2.30. The van der Waals surface area contributed by atoms with Crippen LogP contribution in [-0.2, 0) is 0 Å². The van der Waals surface area contributed by atoms with Crippen LogP contribution in [0.25, 0.3) is 10.2 Å². The van der Waals surface area contributed by atoms with E-state index in [0.717, 1.165) is 15.8 Å². The van der Waals surface area contributed by atoms with Crippen molar-refractivity contribution in [2.45, 2.75) is 25.5 Å². The SMILES string of the molecule is CC(Nc1nc(C(=O)N2CCC(O)C2)c2sccc2n1)c1cccnc1. The van der Waals surface area contributed by atoms with Gasteiger partial charge in [0.15, 0.2) is 5.69 Å². The number of aliphatic hydroxyl groups is 1. The maximum Gasteiger partial charge on any atom is 0.274 e. The fraction of sp³-hybridized carbons (Fsp3) is 0.333. The molecule has 1 amide bonds. The van der Waals surface area contributed by atoms with E-state index in [1.165, 1.54) is 11.3 Å². The topological polar surface area (TPSA) is 91.2 Å². The average Bonchev–Trinajstić information content (AvgIpc) is 3.30. The third-order valence-corrected chi connectivity index (χ3v) is 5.40. The molecule has 0 saturated carbocycles. The summed E-state index contributed by atoms with van der Waals surface area (Å²) in [5, 5.41) is 14.9. The van der Waals surface area contributed by atoms with Crippen LogP contribution < -0.4 is 5.32 Å². The molecule has 2 unspecified atom stereocenters. The van der Waals surface area contributed by atoms with Crippen molar-refractivity contribution in [2.24, 2.45) is 0 Å². The molecule has 1 saturated heterocycles. The van der Waals surface area contributed by atoms with Gasteiger partial charge in [-0.15, -0.1) is 11.3 Å². The molecule has 134 valence electrons. The summed E-state index contributed by atoms with van der Waals surface area (Å²) in [5.41, 5.74) is 2.14. The molecule has 0 aromatic carbocycles. The van der Waals surface area contributed by atoms with Crippen LogP contribution in [0.4, 0.5) is 5.95 Å². The first-order chi connectivity index (χ1) is 12.6. The molecule has 4 heterocycles. The lowest BCUT2D eigenvalue weighted by molar-refractivity contribution is 0.0761. The van der Waals surface area contributed by atoms with Crippen LogP contribution in [0.5, 0.6) is 0 Å². The fourth-order valence-electron chi connectivity index (χ4n) is 3.06. The molecule has 1 fully saturated rings. The minimum Gasteiger partial charge on any atom is -0.391 e. The van der Waals surface area contributed by atoms with Crippen LogP contribution in [0, 0.1) is 0 Å². The predicted octanol–water partition coefficient (Wildman–Crippen LogP) is 2.47. The number of nitrogens with one attached hydrogen (secondary N) is 1. The van der Waals surface area contributed by atoms with Gasteiger partial charge in [0.2, 0.25) is 5.95 Å². The smallest absolute Gasteiger partial charge is 0.274 e. The van der Waals surface area contributed by atoms with Crippen molar-refractivity contribution in [2.75, 3.05) is 18.4 Å². The molecule has 7 nitrogen and oxygen atoms in total. The van der Waals surface area contributed by atoms with Crippen molar-refractivity contribution in [3.63, 3.8) is 0 Å². The Bertz CT molecular complexity index is 930. The number of aromatic nitrogens is 3. The lowest BCUT2D eigenvalue weighted by atomic mass is 10.1. The molecule has 3 aromatic rings. The second-order valence-corrected chi connectivity index (χ2v) is 7.29. The molecule has 0 spiro atoms. The molecule has 4 rings (SSSR count). The van der Waals surface area contributed by atoms with E-state index in [2.05, 4.69) is 20.3 Å². The maximum absolute atomic E-state index is 12.9. The van der Waals surface area contributed by atoms with Crippen molar-refractivity contribution in [3.05, 3.63) is 47.2 Å². The number of fused-ring (bicyclic) bond motifs is 1. The predicted molar refractivity (Wildman–Crippen MR) is 100 cm³/mol. The fourth-order valence-corrected chi connectivity index (χ4v) is 3.87. The average molecular weight is 369 g/mol. The number of rotatable bonds is 4. The second kappa shape index (κ2) is 6.97. The van der Waals surface area contributed by atoms with Gasteiger partial charge >= 0.3 is 0 Å². The quantitative estimate of drug-likeness (QED) is 0.734. The van der Waals surface area contributed by atoms with Crippen LogP contribution in [0.3, 0.4) is 0 Å². The monoisotopic (exact) mass is 369 g/mol. The Morgan fingerprint density at radius 2 is 2.31 bits per heavy atom. The number of aliphatic hydroxyl groups excluding tert-OH is 1. The second-order valence-electron chi connectivity index (χ2n) is 6.38. The molecule has 8 heteroatoms. The van der Waals surface area contributed by atoms with Gasteiger partial charge in [-0.1, -0.05) is 6.07 Å².